The molecule has 0 aliphatic heterocycles. The van der Waals surface area contributed by atoms with Gasteiger partial charge in [0.05, 0.1) is 5.56 Å². The molecule has 4 heteroatoms. The Morgan fingerprint density at radius 2 is 2.11 bits per heavy atom. The summed E-state index contributed by atoms with van der Waals surface area (Å²) in [6.07, 6.45) is 4.61. The average molecular weight is 312 g/mol. The molecule has 1 aromatic carbocycles. The van der Waals surface area contributed by atoms with E-state index >= 15 is 0 Å². The van der Waals surface area contributed by atoms with Gasteiger partial charge in [-0.1, -0.05) is 35.7 Å². The van der Waals surface area contributed by atoms with Gasteiger partial charge in [0.25, 0.3) is 5.91 Å². The standard InChI is InChI=1S/C14H18BrNO2/c1-9-4-2-3-5-12(9)16-14(18)11-7-6-10(15)8-13(11)17/h6-9,12,17H,2-5H2,1H3,(H,16,18). The van der Waals surface area contributed by atoms with Crippen molar-refractivity contribution in [2.24, 2.45) is 5.92 Å². The van der Waals surface area contributed by atoms with Gasteiger partial charge in [0.2, 0.25) is 0 Å². The van der Waals surface area contributed by atoms with E-state index < -0.39 is 0 Å². The second kappa shape index (κ2) is 5.74. The Morgan fingerprint density at radius 3 is 2.78 bits per heavy atom. The lowest BCUT2D eigenvalue weighted by molar-refractivity contribution is 0.0907. The monoisotopic (exact) mass is 311 g/mol. The number of amides is 1. The van der Waals surface area contributed by atoms with Crippen molar-refractivity contribution in [2.45, 2.75) is 38.6 Å². The summed E-state index contributed by atoms with van der Waals surface area (Å²) in [5.41, 5.74) is 0.343. The van der Waals surface area contributed by atoms with E-state index in [9.17, 15) is 9.90 Å². The number of aromatic hydroxyl groups is 1. The summed E-state index contributed by atoms with van der Waals surface area (Å²) in [6.45, 7) is 2.17. The number of benzene rings is 1. The molecule has 98 valence electrons. The summed E-state index contributed by atoms with van der Waals surface area (Å²) in [6, 6.07) is 5.18. The minimum atomic E-state index is -0.182. The fraction of sp³-hybridized carbons (Fsp3) is 0.500. The lowest BCUT2D eigenvalue weighted by Gasteiger charge is -2.29. The van der Waals surface area contributed by atoms with Crippen molar-refractivity contribution in [1.29, 1.82) is 0 Å². The highest BCUT2D eigenvalue weighted by atomic mass is 79.9. The summed E-state index contributed by atoms with van der Waals surface area (Å²) in [5, 5.41) is 12.8. The molecule has 1 aliphatic rings. The molecule has 0 heterocycles. The topological polar surface area (TPSA) is 49.3 Å². The molecule has 1 aromatic rings. The lowest BCUT2D eigenvalue weighted by Crippen LogP contribution is -2.41. The molecule has 1 aliphatic carbocycles. The smallest absolute Gasteiger partial charge is 0.255 e. The number of halogens is 1. The molecule has 0 spiro atoms. The van der Waals surface area contributed by atoms with E-state index in [0.717, 1.165) is 17.3 Å². The largest absolute Gasteiger partial charge is 0.507 e. The minimum absolute atomic E-state index is 0.0188. The Balaban J connectivity index is 2.07. The Hall–Kier alpha value is -1.03. The van der Waals surface area contributed by atoms with Crippen LogP contribution in [0.2, 0.25) is 0 Å². The van der Waals surface area contributed by atoms with Gasteiger partial charge in [0.15, 0.2) is 0 Å². The molecular weight excluding hydrogens is 294 g/mol. The second-order valence-electron chi connectivity index (χ2n) is 5.00. The van der Waals surface area contributed by atoms with E-state index in [1.54, 1.807) is 18.2 Å². The third-order valence-electron chi connectivity index (χ3n) is 3.63. The van der Waals surface area contributed by atoms with Gasteiger partial charge < -0.3 is 10.4 Å². The van der Waals surface area contributed by atoms with Gasteiger partial charge in [-0.3, -0.25) is 4.79 Å². The highest BCUT2D eigenvalue weighted by Crippen LogP contribution is 2.26. The summed E-state index contributed by atoms with van der Waals surface area (Å²) in [5.74, 6) is 0.351. The van der Waals surface area contributed by atoms with Gasteiger partial charge in [0.1, 0.15) is 5.75 Å². The van der Waals surface area contributed by atoms with E-state index in [-0.39, 0.29) is 17.7 Å². The van der Waals surface area contributed by atoms with Crippen LogP contribution in [0.25, 0.3) is 0 Å². The molecule has 2 unspecified atom stereocenters. The number of hydrogen-bond acceptors (Lipinski definition) is 2. The molecule has 2 N–H and O–H groups in total. The first-order chi connectivity index (χ1) is 8.58. The summed E-state index contributed by atoms with van der Waals surface area (Å²) in [4.78, 5) is 12.1. The van der Waals surface area contributed by atoms with Crippen LogP contribution < -0.4 is 5.32 Å². The summed E-state index contributed by atoms with van der Waals surface area (Å²) >= 11 is 3.26. The lowest BCUT2D eigenvalue weighted by atomic mass is 9.86. The van der Waals surface area contributed by atoms with Gasteiger partial charge in [-0.25, -0.2) is 0 Å². The number of rotatable bonds is 2. The predicted molar refractivity (Wildman–Crippen MR) is 74.7 cm³/mol. The van der Waals surface area contributed by atoms with Crippen LogP contribution in [-0.2, 0) is 0 Å². The maximum atomic E-state index is 12.1. The van der Waals surface area contributed by atoms with E-state index in [0.29, 0.717) is 11.5 Å². The highest BCUT2D eigenvalue weighted by Gasteiger charge is 2.24. The van der Waals surface area contributed by atoms with Crippen LogP contribution in [0.1, 0.15) is 43.0 Å². The first-order valence-electron chi connectivity index (χ1n) is 6.37. The molecule has 18 heavy (non-hydrogen) atoms. The third-order valence-corrected chi connectivity index (χ3v) is 4.13. The fourth-order valence-electron chi connectivity index (χ4n) is 2.47. The molecule has 3 nitrogen and oxygen atoms in total. The molecule has 1 saturated carbocycles. The molecule has 1 amide bonds. The number of phenols is 1. The van der Waals surface area contributed by atoms with Crippen LogP contribution in [0.3, 0.4) is 0 Å². The normalized spacial score (nSPS) is 23.7. The van der Waals surface area contributed by atoms with Crippen LogP contribution >= 0.6 is 15.9 Å². The zero-order valence-corrected chi connectivity index (χ0v) is 12.0. The van der Waals surface area contributed by atoms with Gasteiger partial charge in [-0.2, -0.15) is 0 Å². The van der Waals surface area contributed by atoms with E-state index in [4.69, 9.17) is 0 Å². The van der Waals surface area contributed by atoms with Crippen LogP contribution in [0, 0.1) is 5.92 Å². The van der Waals surface area contributed by atoms with Gasteiger partial charge in [0, 0.05) is 10.5 Å². The van der Waals surface area contributed by atoms with Gasteiger partial charge in [-0.05, 0) is 37.0 Å². The van der Waals surface area contributed by atoms with Crippen LogP contribution in [0.4, 0.5) is 0 Å². The van der Waals surface area contributed by atoms with E-state index in [2.05, 4.69) is 28.2 Å². The molecule has 1 fully saturated rings. The van der Waals surface area contributed by atoms with E-state index in [1.165, 1.54) is 12.8 Å². The van der Waals surface area contributed by atoms with Crippen molar-refractivity contribution < 1.29 is 9.90 Å². The van der Waals surface area contributed by atoms with Crippen LogP contribution in [0.15, 0.2) is 22.7 Å². The van der Waals surface area contributed by atoms with Crippen molar-refractivity contribution >= 4 is 21.8 Å². The van der Waals surface area contributed by atoms with Crippen LogP contribution in [-0.4, -0.2) is 17.1 Å². The van der Waals surface area contributed by atoms with Crippen LogP contribution in [0.5, 0.6) is 5.75 Å². The molecule has 0 saturated heterocycles. The molecular formula is C14H18BrNO2. The minimum Gasteiger partial charge on any atom is -0.507 e. The van der Waals surface area contributed by atoms with E-state index in [1.807, 2.05) is 0 Å². The summed E-state index contributed by atoms with van der Waals surface area (Å²) < 4.78 is 0.766. The van der Waals surface area contributed by atoms with Crippen molar-refractivity contribution in [1.82, 2.24) is 5.32 Å². The first-order valence-corrected chi connectivity index (χ1v) is 7.16. The van der Waals surface area contributed by atoms with Crippen molar-refractivity contribution in [3.63, 3.8) is 0 Å². The SMILES string of the molecule is CC1CCCCC1NC(=O)c1ccc(Br)cc1O. The molecule has 0 bridgehead atoms. The Labute approximate surface area is 116 Å². The Morgan fingerprint density at radius 1 is 1.39 bits per heavy atom. The third kappa shape index (κ3) is 3.05. The molecule has 2 rings (SSSR count). The predicted octanol–water partition coefficient (Wildman–Crippen LogP) is 3.46. The average Bonchev–Trinajstić information content (AvgIpc) is 2.32. The number of hydrogen-bond donors (Lipinski definition) is 2. The zero-order chi connectivity index (χ0) is 13.1. The zero-order valence-electron chi connectivity index (χ0n) is 10.4. The van der Waals surface area contributed by atoms with Crippen molar-refractivity contribution in [3.8, 4) is 5.75 Å². The van der Waals surface area contributed by atoms with Gasteiger partial charge in [-0.15, -0.1) is 0 Å². The van der Waals surface area contributed by atoms with Crippen molar-refractivity contribution in [3.05, 3.63) is 28.2 Å². The first kappa shape index (κ1) is 13.4. The number of phenolic OH excluding ortho intramolecular Hbond substituents is 1. The van der Waals surface area contributed by atoms with Crippen molar-refractivity contribution in [2.75, 3.05) is 0 Å². The molecule has 0 aromatic heterocycles. The van der Waals surface area contributed by atoms with Gasteiger partial charge >= 0.3 is 0 Å². The maximum Gasteiger partial charge on any atom is 0.255 e. The molecule has 2 atom stereocenters. The highest BCUT2D eigenvalue weighted by molar-refractivity contribution is 9.10. The number of nitrogens with one attached hydrogen (secondary N) is 1. The second-order valence-corrected chi connectivity index (χ2v) is 5.92. The maximum absolute atomic E-state index is 12.1. The fourth-order valence-corrected chi connectivity index (χ4v) is 2.82. The Bertz CT molecular complexity index is 447. The number of carbonyl (C=O) groups is 1. The summed E-state index contributed by atoms with van der Waals surface area (Å²) in [7, 11) is 0. The Kier molecular flexibility index (Phi) is 4.27. The molecule has 0 radical (unpaired) electrons. The quantitative estimate of drug-likeness (QED) is 0.878. The number of carbonyl (C=O) groups excluding carboxylic acids is 1.